The molecule has 2 aliphatic rings. The predicted octanol–water partition coefficient (Wildman–Crippen LogP) is 4.03. The van der Waals surface area contributed by atoms with Crippen LogP contribution in [0, 0.1) is 0 Å². The van der Waals surface area contributed by atoms with E-state index < -0.39 is 0 Å². The SMILES string of the molecule is CCOC(=O)C=CN(C1CCCCC1)C1CCCCC1. The zero-order chi connectivity index (χ0) is 14.2. The Morgan fingerprint density at radius 3 is 1.95 bits per heavy atom. The monoisotopic (exact) mass is 279 g/mol. The fraction of sp³-hybridized carbons (Fsp3) is 0.824. The highest BCUT2D eigenvalue weighted by Crippen LogP contribution is 2.30. The van der Waals surface area contributed by atoms with Gasteiger partial charge in [-0.2, -0.15) is 0 Å². The lowest BCUT2D eigenvalue weighted by atomic mass is 9.89. The number of carbonyl (C=O) groups excluding carboxylic acids is 1. The number of esters is 1. The third-order valence-corrected chi connectivity index (χ3v) is 4.66. The summed E-state index contributed by atoms with van der Waals surface area (Å²) in [7, 11) is 0. The number of nitrogens with zero attached hydrogens (tertiary/aromatic N) is 1. The lowest BCUT2D eigenvalue weighted by molar-refractivity contribution is -0.137. The summed E-state index contributed by atoms with van der Waals surface area (Å²) in [6, 6.07) is 1.27. The van der Waals surface area contributed by atoms with Crippen molar-refractivity contribution in [2.45, 2.75) is 83.2 Å². The molecule has 0 aromatic carbocycles. The highest BCUT2D eigenvalue weighted by molar-refractivity contribution is 5.81. The summed E-state index contributed by atoms with van der Waals surface area (Å²) in [6.07, 6.45) is 16.9. The molecule has 2 saturated carbocycles. The summed E-state index contributed by atoms with van der Waals surface area (Å²) in [5.41, 5.74) is 0. The molecule has 0 aliphatic heterocycles. The second-order valence-electron chi connectivity index (χ2n) is 6.10. The van der Waals surface area contributed by atoms with E-state index in [0.717, 1.165) is 0 Å². The van der Waals surface area contributed by atoms with Crippen LogP contribution in [0.3, 0.4) is 0 Å². The van der Waals surface area contributed by atoms with Gasteiger partial charge in [0.05, 0.1) is 6.61 Å². The minimum Gasteiger partial charge on any atom is -0.463 e. The van der Waals surface area contributed by atoms with Crippen LogP contribution in [0.1, 0.15) is 71.1 Å². The molecule has 114 valence electrons. The van der Waals surface area contributed by atoms with Crippen molar-refractivity contribution in [2.24, 2.45) is 0 Å². The van der Waals surface area contributed by atoms with Gasteiger partial charge in [-0.3, -0.25) is 0 Å². The van der Waals surface area contributed by atoms with E-state index in [9.17, 15) is 4.79 Å². The average Bonchev–Trinajstić information content (AvgIpc) is 2.50. The number of carbonyl (C=O) groups is 1. The first kappa shape index (κ1) is 15.4. The van der Waals surface area contributed by atoms with E-state index in [0.29, 0.717) is 18.7 Å². The molecule has 0 heterocycles. The van der Waals surface area contributed by atoms with E-state index in [2.05, 4.69) is 4.90 Å². The van der Waals surface area contributed by atoms with E-state index in [1.54, 1.807) is 6.08 Å². The Balaban J connectivity index is 1.99. The third kappa shape index (κ3) is 4.53. The van der Waals surface area contributed by atoms with Crippen LogP contribution < -0.4 is 0 Å². The summed E-state index contributed by atoms with van der Waals surface area (Å²) < 4.78 is 5.01. The molecule has 3 nitrogen and oxygen atoms in total. The Hall–Kier alpha value is -0.990. The summed E-state index contributed by atoms with van der Waals surface area (Å²) in [6.45, 7) is 2.31. The number of ether oxygens (including phenoxy) is 1. The summed E-state index contributed by atoms with van der Waals surface area (Å²) >= 11 is 0. The van der Waals surface area contributed by atoms with Gasteiger partial charge in [0, 0.05) is 24.4 Å². The van der Waals surface area contributed by atoms with Gasteiger partial charge in [-0.1, -0.05) is 38.5 Å². The Labute approximate surface area is 123 Å². The maximum atomic E-state index is 11.6. The van der Waals surface area contributed by atoms with Gasteiger partial charge >= 0.3 is 5.97 Å². The molecule has 0 amide bonds. The molecule has 0 aromatic heterocycles. The molecular formula is C17H29NO2. The molecule has 2 fully saturated rings. The van der Waals surface area contributed by atoms with Gasteiger partial charge in [0.2, 0.25) is 0 Å². The van der Waals surface area contributed by atoms with Crippen LogP contribution >= 0.6 is 0 Å². The zero-order valence-electron chi connectivity index (χ0n) is 12.9. The molecular weight excluding hydrogens is 250 g/mol. The molecule has 0 unspecified atom stereocenters. The maximum absolute atomic E-state index is 11.6. The largest absolute Gasteiger partial charge is 0.463 e. The van der Waals surface area contributed by atoms with Gasteiger partial charge in [0.25, 0.3) is 0 Å². The molecule has 0 saturated heterocycles. The van der Waals surface area contributed by atoms with Crippen LogP contribution in [-0.4, -0.2) is 29.6 Å². The molecule has 0 N–H and O–H groups in total. The summed E-state index contributed by atoms with van der Waals surface area (Å²) in [4.78, 5) is 14.1. The molecule has 0 radical (unpaired) electrons. The fourth-order valence-corrected chi connectivity index (χ4v) is 3.64. The Bertz CT molecular complexity index is 297. The molecule has 2 rings (SSSR count). The van der Waals surface area contributed by atoms with Crippen molar-refractivity contribution in [3.8, 4) is 0 Å². The molecule has 2 aliphatic carbocycles. The lowest BCUT2D eigenvalue weighted by Gasteiger charge is -2.41. The number of hydrogen-bond donors (Lipinski definition) is 0. The van der Waals surface area contributed by atoms with E-state index in [4.69, 9.17) is 4.74 Å². The predicted molar refractivity (Wildman–Crippen MR) is 81.4 cm³/mol. The van der Waals surface area contributed by atoms with Crippen molar-refractivity contribution in [3.63, 3.8) is 0 Å². The minimum absolute atomic E-state index is 0.205. The Kier molecular flexibility index (Phi) is 6.41. The topological polar surface area (TPSA) is 29.5 Å². The second-order valence-corrected chi connectivity index (χ2v) is 6.10. The van der Waals surface area contributed by atoms with Crippen molar-refractivity contribution < 1.29 is 9.53 Å². The average molecular weight is 279 g/mol. The first-order valence-electron chi connectivity index (χ1n) is 8.43. The number of hydrogen-bond acceptors (Lipinski definition) is 3. The third-order valence-electron chi connectivity index (χ3n) is 4.66. The van der Waals surface area contributed by atoms with Crippen LogP contribution in [-0.2, 0) is 9.53 Å². The van der Waals surface area contributed by atoms with Crippen molar-refractivity contribution >= 4 is 5.97 Å². The smallest absolute Gasteiger partial charge is 0.332 e. The van der Waals surface area contributed by atoms with Crippen LogP contribution in [0.15, 0.2) is 12.3 Å². The molecule has 0 spiro atoms. The van der Waals surface area contributed by atoms with Gasteiger partial charge in [-0.25, -0.2) is 4.79 Å². The highest BCUT2D eigenvalue weighted by atomic mass is 16.5. The van der Waals surface area contributed by atoms with Gasteiger partial charge < -0.3 is 9.64 Å². The molecule has 0 aromatic rings. The Morgan fingerprint density at radius 2 is 1.50 bits per heavy atom. The quantitative estimate of drug-likeness (QED) is 0.562. The van der Waals surface area contributed by atoms with Crippen molar-refractivity contribution in [2.75, 3.05) is 6.61 Å². The normalized spacial score (nSPS) is 22.1. The van der Waals surface area contributed by atoms with E-state index in [1.807, 2.05) is 13.1 Å². The Morgan fingerprint density at radius 1 is 1.00 bits per heavy atom. The fourth-order valence-electron chi connectivity index (χ4n) is 3.64. The van der Waals surface area contributed by atoms with E-state index >= 15 is 0 Å². The van der Waals surface area contributed by atoms with Gasteiger partial charge in [0.1, 0.15) is 0 Å². The molecule has 0 bridgehead atoms. The first-order chi connectivity index (χ1) is 9.81. The summed E-state index contributed by atoms with van der Waals surface area (Å²) in [5.74, 6) is -0.205. The molecule has 0 atom stereocenters. The number of rotatable bonds is 5. The zero-order valence-corrected chi connectivity index (χ0v) is 12.9. The van der Waals surface area contributed by atoms with Crippen LogP contribution in [0.4, 0.5) is 0 Å². The van der Waals surface area contributed by atoms with Gasteiger partial charge in [-0.05, 0) is 32.6 Å². The van der Waals surface area contributed by atoms with Gasteiger partial charge in [-0.15, -0.1) is 0 Å². The molecule has 3 heteroatoms. The van der Waals surface area contributed by atoms with E-state index in [-0.39, 0.29) is 5.97 Å². The highest BCUT2D eigenvalue weighted by Gasteiger charge is 2.26. The van der Waals surface area contributed by atoms with Gasteiger partial charge in [0.15, 0.2) is 0 Å². The van der Waals surface area contributed by atoms with Crippen molar-refractivity contribution in [1.82, 2.24) is 4.90 Å². The van der Waals surface area contributed by atoms with Crippen LogP contribution in [0.2, 0.25) is 0 Å². The molecule has 20 heavy (non-hydrogen) atoms. The maximum Gasteiger partial charge on any atom is 0.332 e. The van der Waals surface area contributed by atoms with Crippen molar-refractivity contribution in [3.05, 3.63) is 12.3 Å². The lowest BCUT2D eigenvalue weighted by Crippen LogP contribution is -2.41. The first-order valence-corrected chi connectivity index (χ1v) is 8.43. The van der Waals surface area contributed by atoms with Crippen LogP contribution in [0.25, 0.3) is 0 Å². The van der Waals surface area contributed by atoms with Crippen LogP contribution in [0.5, 0.6) is 0 Å². The minimum atomic E-state index is -0.205. The summed E-state index contributed by atoms with van der Waals surface area (Å²) in [5, 5.41) is 0. The van der Waals surface area contributed by atoms with E-state index in [1.165, 1.54) is 64.2 Å². The van der Waals surface area contributed by atoms with Crippen molar-refractivity contribution in [1.29, 1.82) is 0 Å². The second kappa shape index (κ2) is 8.33. The standard InChI is InChI=1S/C17H29NO2/c1-2-20-17(19)13-14-18(15-9-5-3-6-10-15)16-11-7-4-8-12-16/h13-16H,2-12H2,1H3.